The number of amides is 1. The molecule has 0 radical (unpaired) electrons. The van der Waals surface area contributed by atoms with Crippen LogP contribution < -0.4 is 5.32 Å². The normalized spacial score (nSPS) is 18.7. The summed E-state index contributed by atoms with van der Waals surface area (Å²) in [5.74, 6) is 0.411. The van der Waals surface area contributed by atoms with Crippen molar-refractivity contribution in [3.05, 3.63) is 41.1 Å². The zero-order valence-corrected chi connectivity index (χ0v) is 14.5. The van der Waals surface area contributed by atoms with Gasteiger partial charge in [0.25, 0.3) is 0 Å². The van der Waals surface area contributed by atoms with Crippen molar-refractivity contribution in [1.29, 1.82) is 0 Å². The summed E-state index contributed by atoms with van der Waals surface area (Å²) in [5.41, 5.74) is 0. The molecule has 2 aromatic rings. The average molecular weight is 370 g/mol. The SMILES string of the molecule is Cc1cc(NC(=O)[C@H]2CCCN2S(=O)(=O)c2ccc(Cl)cc2)no1. The lowest BCUT2D eigenvalue weighted by Crippen LogP contribution is -2.43. The fourth-order valence-corrected chi connectivity index (χ4v) is 4.45. The molecule has 0 unspecified atom stereocenters. The second-order valence-electron chi connectivity index (χ2n) is 5.54. The molecule has 1 aromatic carbocycles. The third-order valence-electron chi connectivity index (χ3n) is 3.81. The molecule has 0 spiro atoms. The van der Waals surface area contributed by atoms with Gasteiger partial charge in [0, 0.05) is 17.6 Å². The van der Waals surface area contributed by atoms with Crippen molar-refractivity contribution in [2.24, 2.45) is 0 Å². The van der Waals surface area contributed by atoms with Crippen molar-refractivity contribution < 1.29 is 17.7 Å². The predicted molar refractivity (Wildman–Crippen MR) is 88.2 cm³/mol. The molecular formula is C15H16ClN3O4S. The molecule has 1 saturated heterocycles. The summed E-state index contributed by atoms with van der Waals surface area (Å²) in [7, 11) is -3.77. The fraction of sp³-hybridized carbons (Fsp3) is 0.333. The number of nitrogens with zero attached hydrogens (tertiary/aromatic N) is 2. The number of aromatic nitrogens is 1. The Hall–Kier alpha value is -1.90. The number of halogens is 1. The van der Waals surface area contributed by atoms with E-state index in [2.05, 4.69) is 10.5 Å². The van der Waals surface area contributed by atoms with E-state index in [-0.39, 0.29) is 10.7 Å². The number of aryl methyl sites for hydroxylation is 1. The first-order valence-electron chi connectivity index (χ1n) is 7.39. The maximum atomic E-state index is 12.8. The first-order chi connectivity index (χ1) is 11.4. The third kappa shape index (κ3) is 3.31. The Balaban J connectivity index is 1.81. The molecule has 9 heteroatoms. The van der Waals surface area contributed by atoms with Crippen molar-refractivity contribution >= 4 is 33.3 Å². The lowest BCUT2D eigenvalue weighted by atomic mass is 10.2. The molecule has 128 valence electrons. The summed E-state index contributed by atoms with van der Waals surface area (Å²) in [6.07, 6.45) is 1.07. The number of anilines is 1. The zero-order chi connectivity index (χ0) is 17.3. The van der Waals surface area contributed by atoms with Crippen LogP contribution in [-0.4, -0.2) is 36.4 Å². The van der Waals surface area contributed by atoms with Crippen LogP contribution >= 0.6 is 11.6 Å². The van der Waals surface area contributed by atoms with Gasteiger partial charge in [0.2, 0.25) is 15.9 Å². The van der Waals surface area contributed by atoms with E-state index < -0.39 is 22.0 Å². The molecule has 1 aromatic heterocycles. The maximum Gasteiger partial charge on any atom is 0.244 e. The number of hydrogen-bond acceptors (Lipinski definition) is 5. The Kier molecular flexibility index (Phi) is 4.62. The average Bonchev–Trinajstić information content (AvgIpc) is 3.17. The number of carbonyl (C=O) groups excluding carboxylic acids is 1. The predicted octanol–water partition coefficient (Wildman–Crippen LogP) is 2.43. The maximum absolute atomic E-state index is 12.8. The second kappa shape index (κ2) is 6.54. The molecular weight excluding hydrogens is 354 g/mol. The Morgan fingerprint density at radius 1 is 1.38 bits per heavy atom. The fourth-order valence-electron chi connectivity index (χ4n) is 2.67. The zero-order valence-electron chi connectivity index (χ0n) is 12.9. The van der Waals surface area contributed by atoms with E-state index in [4.69, 9.17) is 16.1 Å². The van der Waals surface area contributed by atoms with Gasteiger partial charge in [-0.25, -0.2) is 8.42 Å². The number of benzene rings is 1. The van der Waals surface area contributed by atoms with Crippen LogP contribution in [0.15, 0.2) is 39.8 Å². The van der Waals surface area contributed by atoms with Crippen molar-refractivity contribution in [2.75, 3.05) is 11.9 Å². The largest absolute Gasteiger partial charge is 0.360 e. The molecule has 1 N–H and O–H groups in total. The lowest BCUT2D eigenvalue weighted by Gasteiger charge is -2.23. The minimum atomic E-state index is -3.77. The summed E-state index contributed by atoms with van der Waals surface area (Å²) in [6.45, 7) is 2.00. The van der Waals surface area contributed by atoms with Crippen LogP contribution in [0.1, 0.15) is 18.6 Å². The van der Waals surface area contributed by atoms with Gasteiger partial charge in [-0.1, -0.05) is 16.8 Å². The van der Waals surface area contributed by atoms with E-state index in [0.29, 0.717) is 30.2 Å². The standard InChI is InChI=1S/C15H16ClN3O4S/c1-10-9-14(18-23-10)17-15(20)13-3-2-8-19(13)24(21,22)12-6-4-11(16)5-7-12/h4-7,9,13H,2-3,8H2,1H3,(H,17,18,20)/t13-/m1/s1. The molecule has 24 heavy (non-hydrogen) atoms. The molecule has 1 fully saturated rings. The highest BCUT2D eigenvalue weighted by Gasteiger charge is 2.39. The van der Waals surface area contributed by atoms with E-state index in [1.54, 1.807) is 13.0 Å². The van der Waals surface area contributed by atoms with Crippen molar-refractivity contribution in [2.45, 2.75) is 30.7 Å². The molecule has 1 aliphatic rings. The number of carbonyl (C=O) groups is 1. The first-order valence-corrected chi connectivity index (χ1v) is 9.21. The monoisotopic (exact) mass is 369 g/mol. The van der Waals surface area contributed by atoms with Gasteiger partial charge in [0.15, 0.2) is 5.82 Å². The number of rotatable bonds is 4. The molecule has 0 bridgehead atoms. The molecule has 0 saturated carbocycles. The van der Waals surface area contributed by atoms with Gasteiger partial charge in [-0.3, -0.25) is 4.79 Å². The van der Waals surface area contributed by atoms with E-state index >= 15 is 0 Å². The summed E-state index contributed by atoms with van der Waals surface area (Å²) in [5, 5.41) is 6.74. The van der Waals surface area contributed by atoms with Gasteiger partial charge >= 0.3 is 0 Å². The number of nitrogens with one attached hydrogen (secondary N) is 1. The van der Waals surface area contributed by atoms with Crippen LogP contribution in [0, 0.1) is 6.92 Å². The highest BCUT2D eigenvalue weighted by molar-refractivity contribution is 7.89. The van der Waals surface area contributed by atoms with E-state index in [1.165, 1.54) is 28.6 Å². The summed E-state index contributed by atoms with van der Waals surface area (Å²) in [6, 6.07) is 6.70. The van der Waals surface area contributed by atoms with Gasteiger partial charge in [-0.15, -0.1) is 0 Å². The topological polar surface area (TPSA) is 92.5 Å². The van der Waals surface area contributed by atoms with E-state index in [1.807, 2.05) is 0 Å². The first kappa shape index (κ1) is 16.9. The highest BCUT2D eigenvalue weighted by Crippen LogP contribution is 2.27. The van der Waals surface area contributed by atoms with Crippen LogP contribution in [0.2, 0.25) is 5.02 Å². The van der Waals surface area contributed by atoms with Crippen LogP contribution in [0.25, 0.3) is 0 Å². The summed E-state index contributed by atoms with van der Waals surface area (Å²) >= 11 is 5.80. The van der Waals surface area contributed by atoms with E-state index in [0.717, 1.165) is 0 Å². The molecule has 7 nitrogen and oxygen atoms in total. The van der Waals surface area contributed by atoms with E-state index in [9.17, 15) is 13.2 Å². The number of sulfonamides is 1. The van der Waals surface area contributed by atoms with Crippen LogP contribution in [-0.2, 0) is 14.8 Å². The Labute approximate surface area is 144 Å². The molecule has 1 aliphatic heterocycles. The Morgan fingerprint density at radius 3 is 2.71 bits per heavy atom. The molecule has 1 amide bonds. The summed E-state index contributed by atoms with van der Waals surface area (Å²) < 4.78 is 31.7. The quantitative estimate of drug-likeness (QED) is 0.893. The second-order valence-corrected chi connectivity index (χ2v) is 7.87. The number of hydrogen-bond donors (Lipinski definition) is 1. The van der Waals surface area contributed by atoms with Crippen LogP contribution in [0.4, 0.5) is 5.82 Å². The van der Waals surface area contributed by atoms with Crippen molar-refractivity contribution in [1.82, 2.24) is 9.46 Å². The van der Waals surface area contributed by atoms with Gasteiger partial charge in [0.05, 0.1) is 4.90 Å². The van der Waals surface area contributed by atoms with Crippen molar-refractivity contribution in [3.8, 4) is 0 Å². The van der Waals surface area contributed by atoms with Gasteiger partial charge in [-0.2, -0.15) is 4.31 Å². The summed E-state index contributed by atoms with van der Waals surface area (Å²) in [4.78, 5) is 12.6. The molecule has 2 heterocycles. The van der Waals surface area contributed by atoms with Gasteiger partial charge in [0.1, 0.15) is 11.8 Å². The smallest absolute Gasteiger partial charge is 0.244 e. The molecule has 3 rings (SSSR count). The van der Waals surface area contributed by atoms with Crippen LogP contribution in [0.3, 0.4) is 0 Å². The third-order valence-corrected chi connectivity index (χ3v) is 5.98. The Bertz CT molecular complexity index is 848. The molecule has 0 aliphatic carbocycles. The molecule has 1 atom stereocenters. The van der Waals surface area contributed by atoms with Gasteiger partial charge in [-0.05, 0) is 44.0 Å². The van der Waals surface area contributed by atoms with Crippen LogP contribution in [0.5, 0.6) is 0 Å². The minimum Gasteiger partial charge on any atom is -0.360 e. The highest BCUT2D eigenvalue weighted by atomic mass is 35.5. The van der Waals surface area contributed by atoms with Gasteiger partial charge < -0.3 is 9.84 Å². The van der Waals surface area contributed by atoms with Crippen molar-refractivity contribution in [3.63, 3.8) is 0 Å². The minimum absolute atomic E-state index is 0.115. The Morgan fingerprint density at radius 2 is 2.08 bits per heavy atom. The lowest BCUT2D eigenvalue weighted by molar-refractivity contribution is -0.119.